The number of amides is 3. The molecule has 8 rings (SSSR count). The van der Waals surface area contributed by atoms with Crippen LogP contribution in [0.1, 0.15) is 30.7 Å². The first-order chi connectivity index (χ1) is 53.8. The number of hydrogen-bond acceptors (Lipinski definition) is 44. The molecule has 0 bridgehead atoms. The second kappa shape index (κ2) is 40.2. The van der Waals surface area contributed by atoms with Gasteiger partial charge in [0.1, 0.15) is 166 Å². The van der Waals surface area contributed by atoms with E-state index >= 15 is 0 Å². The summed E-state index contributed by atoms with van der Waals surface area (Å²) in [6, 6.07) is -5.46. The molecule has 6 saturated heterocycles. The van der Waals surface area contributed by atoms with Gasteiger partial charge in [-0.05, 0) is 5.53 Å². The van der Waals surface area contributed by atoms with Gasteiger partial charge in [-0.15, -0.1) is 16.6 Å². The molecule has 0 aliphatic carbocycles. The van der Waals surface area contributed by atoms with E-state index in [9.17, 15) is 151 Å². The zero-order chi connectivity index (χ0) is 84.2. The first-order valence-electron chi connectivity index (χ1n) is 34.5. The third-order valence-electron chi connectivity index (χ3n) is 19.1. The summed E-state index contributed by atoms with van der Waals surface area (Å²) in [4.78, 5) is 80.8. The monoisotopic (exact) mass is 1650 g/mol. The molecule has 0 radical (unpaired) electrons. The lowest BCUT2D eigenvalue weighted by Crippen LogP contribution is -2.68. The van der Waals surface area contributed by atoms with E-state index < -0.39 is 335 Å². The standard InChI is InChI=1S/C60H90N12O42/c1-2-3-103-52-46(94)43(91)40(88)28(109-52)17-106-59(56(99)100)5-23(77)35(50(113-59)38(86)26(80)13-74)64-32(83)10-71-9-21(67-69-71)16-105-54-48(96)45(93)42(90)30(111-54)19-108-60(57(101)102)6-24(78)36(51(114-60)39(87)27(81)14-75)65-33(84)11-72-8-20(66-70-72)15-104-53-47(95)44(92)41(89)29(110-53)18-107-58(55(97)98)4-22(76)34(63-31(82)7-62-68-61)49(112-58)37(85)25(79)12-73/h1,8-9,22-30,34-54,73-81,85-96H,3-7,10-19H2,(H,63,82)(H,64,83)(H,65,84)(H,97,98)(H,99,100)(H,101,102)/t22-,23-,24-,25+,26+,27+,28+,29+,30+,34+,35+,36+,37+,38+,39+,40-,41-,42-,43-,44-,45-,46+,47+,48+,49+,50+,51+,52+,53+,54+,58+,59+,60+/m0/s1. The quantitative estimate of drug-likeness (QED) is 0.0128. The van der Waals surface area contributed by atoms with Gasteiger partial charge in [-0.2, -0.15) is 0 Å². The summed E-state index contributed by atoms with van der Waals surface area (Å²) in [5.74, 6) is -16.3. The minimum atomic E-state index is -3.12. The van der Waals surface area contributed by atoms with Crippen molar-refractivity contribution in [3.63, 3.8) is 0 Å². The molecule has 0 spiro atoms. The van der Waals surface area contributed by atoms with Crippen LogP contribution in [0.3, 0.4) is 0 Å². The fraction of sp³-hybridized carbons (Fsp3) is 0.800. The average molecular weight is 1650 g/mol. The number of azide groups is 1. The predicted octanol–water partition coefficient (Wildman–Crippen LogP) is -17.6. The number of rotatable bonds is 38. The summed E-state index contributed by atoms with van der Waals surface area (Å²) < 4.78 is 68.2. The Morgan fingerprint density at radius 2 is 0.816 bits per heavy atom. The molecule has 6 aliphatic heterocycles. The molecular formula is C60H90N12O42. The Kier molecular flexibility index (Phi) is 32.5. The van der Waals surface area contributed by atoms with E-state index in [2.05, 4.69) is 52.5 Å². The summed E-state index contributed by atoms with van der Waals surface area (Å²) >= 11 is 0. The Morgan fingerprint density at radius 1 is 0.509 bits per heavy atom. The zero-order valence-corrected chi connectivity index (χ0v) is 59.3. The molecule has 114 heavy (non-hydrogen) atoms. The van der Waals surface area contributed by atoms with Crippen LogP contribution in [0.2, 0.25) is 0 Å². The molecule has 8 heterocycles. The van der Waals surface area contributed by atoms with Crippen LogP contribution >= 0.6 is 0 Å². The Balaban J connectivity index is 0.852. The number of carbonyl (C=O) groups is 6. The molecule has 0 unspecified atom stereocenters. The number of aliphatic carboxylic acids is 3. The Hall–Kier alpha value is -7.35. The molecular weight excluding hydrogens is 1560 g/mol. The second-order valence-electron chi connectivity index (χ2n) is 27.1. The maximum absolute atomic E-state index is 13.7. The number of aliphatic hydroxyl groups excluding tert-OH is 21. The van der Waals surface area contributed by atoms with Gasteiger partial charge in [0.25, 0.3) is 17.4 Å². The van der Waals surface area contributed by atoms with Crippen LogP contribution in [0, 0.1) is 12.3 Å². The predicted molar refractivity (Wildman–Crippen MR) is 347 cm³/mol. The zero-order valence-electron chi connectivity index (χ0n) is 59.3. The molecule has 642 valence electrons. The highest BCUT2D eigenvalue weighted by Gasteiger charge is 2.61. The fourth-order valence-corrected chi connectivity index (χ4v) is 12.9. The van der Waals surface area contributed by atoms with E-state index in [0.29, 0.717) is 0 Å². The van der Waals surface area contributed by atoms with Crippen molar-refractivity contribution >= 4 is 35.6 Å². The van der Waals surface area contributed by atoms with Gasteiger partial charge < -0.3 is 195 Å². The van der Waals surface area contributed by atoms with Gasteiger partial charge in [0, 0.05) is 24.2 Å². The van der Waals surface area contributed by atoms with Crippen LogP contribution in [-0.2, 0) is 112 Å². The highest BCUT2D eigenvalue weighted by atomic mass is 16.8. The van der Waals surface area contributed by atoms with Gasteiger partial charge in [-0.25, -0.2) is 23.7 Å². The van der Waals surface area contributed by atoms with E-state index in [1.54, 1.807) is 0 Å². The van der Waals surface area contributed by atoms with Crippen molar-refractivity contribution in [3.05, 3.63) is 34.2 Å². The van der Waals surface area contributed by atoms with E-state index in [1.807, 2.05) is 0 Å². The highest BCUT2D eigenvalue weighted by molar-refractivity contribution is 5.80. The number of ether oxygens (including phenoxy) is 12. The molecule has 6 fully saturated rings. The van der Waals surface area contributed by atoms with Crippen molar-refractivity contribution in [1.29, 1.82) is 0 Å². The van der Waals surface area contributed by atoms with Crippen molar-refractivity contribution in [2.75, 3.05) is 52.8 Å². The molecule has 54 heteroatoms. The van der Waals surface area contributed by atoms with Crippen molar-refractivity contribution < 1.29 is 208 Å². The van der Waals surface area contributed by atoms with Crippen LogP contribution in [0.25, 0.3) is 10.4 Å². The molecule has 27 N–H and O–H groups in total. The lowest BCUT2D eigenvalue weighted by Gasteiger charge is -2.47. The van der Waals surface area contributed by atoms with Crippen molar-refractivity contribution in [2.24, 2.45) is 5.11 Å². The summed E-state index contributed by atoms with van der Waals surface area (Å²) in [6.45, 7) is -11.1. The number of nitrogens with one attached hydrogen (secondary N) is 3. The van der Waals surface area contributed by atoms with Crippen LogP contribution < -0.4 is 16.0 Å². The van der Waals surface area contributed by atoms with E-state index in [1.165, 1.54) is 0 Å². The number of hydrogen-bond donors (Lipinski definition) is 27. The van der Waals surface area contributed by atoms with Crippen LogP contribution in [0.15, 0.2) is 17.5 Å². The van der Waals surface area contributed by atoms with E-state index in [-0.39, 0.29) is 11.4 Å². The van der Waals surface area contributed by atoms with Crippen molar-refractivity contribution in [3.8, 4) is 12.3 Å². The third-order valence-corrected chi connectivity index (χ3v) is 19.1. The molecule has 6 aliphatic rings. The van der Waals surface area contributed by atoms with Gasteiger partial charge in [0.05, 0.1) is 102 Å². The molecule has 2 aromatic heterocycles. The Bertz CT molecular complexity index is 3620. The van der Waals surface area contributed by atoms with Gasteiger partial charge in [0.15, 0.2) is 18.9 Å². The summed E-state index contributed by atoms with van der Waals surface area (Å²) in [5.41, 5.74) is 8.27. The number of aliphatic hydroxyl groups is 21. The summed E-state index contributed by atoms with van der Waals surface area (Å²) in [7, 11) is 0. The molecule has 0 aromatic carbocycles. The molecule has 0 saturated carbocycles. The number of carboxylic acid groups (broad SMARTS) is 3. The number of nitrogens with zero attached hydrogens (tertiary/aromatic N) is 9. The first kappa shape index (κ1) is 92.2. The summed E-state index contributed by atoms with van der Waals surface area (Å²) in [6.07, 6.45) is -51.2. The van der Waals surface area contributed by atoms with Crippen LogP contribution in [-0.4, -0.2) is 442 Å². The number of carbonyl (C=O) groups excluding carboxylic acids is 3. The normalized spacial score (nSPS) is 37.5. The second-order valence-corrected chi connectivity index (χ2v) is 27.1. The van der Waals surface area contributed by atoms with E-state index in [4.69, 9.17) is 68.8 Å². The lowest BCUT2D eigenvalue weighted by atomic mass is 9.88. The third kappa shape index (κ3) is 21.5. The minimum Gasteiger partial charge on any atom is -0.477 e. The van der Waals surface area contributed by atoms with Crippen molar-refractivity contribution in [1.82, 2.24) is 45.9 Å². The largest absolute Gasteiger partial charge is 0.477 e. The maximum Gasteiger partial charge on any atom is 0.364 e. The number of aromatic nitrogens is 6. The molecule has 2 aromatic rings. The molecule has 3 amide bonds. The smallest absolute Gasteiger partial charge is 0.364 e. The van der Waals surface area contributed by atoms with Crippen LogP contribution in [0.5, 0.6) is 0 Å². The minimum absolute atomic E-state index is 0.163. The SMILES string of the molecule is C#CCO[C@@H]1O[C@H](CO[C@]2(C(=O)O)C[C@H](O)[C@@H](NC(=O)Cn3cc(CO[C@@H]4O[C@H](CO[C@]5(C(=O)O)C[C@H](O)[C@@H](NC(=O)Cn6cc(CO[C@@H]7O[C@H](CO[C@]8(C(=O)O)C[C@H](O)[C@@H](NC(=O)CN=[N+]=[N-])[C@H]([C@H](O)[C@H](O)CO)O8)[C@H](O)[C@H](O)[C@H]7O)nn6)[C@H]([C@H](O)[C@H](O)CO)O5)[C@H](O)[C@H](O)[C@H]4O)nn3)[C@H]([C@H](O)[C@H](O)CO)O2)[C@H](O)[C@H](O)[C@H]1O. The van der Waals surface area contributed by atoms with Gasteiger partial charge in [-0.3, -0.25) is 14.4 Å². The van der Waals surface area contributed by atoms with Gasteiger partial charge in [0.2, 0.25) is 17.7 Å². The lowest BCUT2D eigenvalue weighted by molar-refractivity contribution is -0.339. The maximum atomic E-state index is 13.7. The highest BCUT2D eigenvalue weighted by Crippen LogP contribution is 2.39. The van der Waals surface area contributed by atoms with E-state index in [0.717, 1.165) is 21.8 Å². The summed E-state index contributed by atoms with van der Waals surface area (Å²) in [5, 5.41) is 280. The van der Waals surface area contributed by atoms with Gasteiger partial charge >= 0.3 is 17.9 Å². The fourth-order valence-electron chi connectivity index (χ4n) is 12.9. The number of terminal acetylenes is 1. The molecule has 33 atom stereocenters. The van der Waals surface area contributed by atoms with Crippen LogP contribution in [0.4, 0.5) is 0 Å². The number of carboxylic acids is 3. The Morgan fingerprint density at radius 3 is 1.11 bits per heavy atom. The topological polar surface area (TPSA) is 845 Å². The van der Waals surface area contributed by atoms with Crippen molar-refractivity contribution in [2.45, 2.75) is 246 Å². The first-order valence-corrected chi connectivity index (χ1v) is 34.5. The average Bonchev–Trinajstić information content (AvgIpc) is 0.840. The Labute approximate surface area is 639 Å². The molecule has 54 nitrogen and oxygen atoms in total. The van der Waals surface area contributed by atoms with Gasteiger partial charge in [-0.1, -0.05) is 21.5 Å².